The second-order valence-corrected chi connectivity index (χ2v) is 9.97. The molecule has 1 aliphatic rings. The molecule has 0 spiro atoms. The zero-order valence-electron chi connectivity index (χ0n) is 16.1. The van der Waals surface area contributed by atoms with Crippen molar-refractivity contribution in [1.29, 1.82) is 0 Å². The molecule has 1 saturated heterocycles. The van der Waals surface area contributed by atoms with Gasteiger partial charge in [0, 0.05) is 10.9 Å². The van der Waals surface area contributed by atoms with E-state index in [2.05, 4.69) is 5.32 Å². The number of nitrogens with zero attached hydrogens (tertiary/aromatic N) is 1. The fraction of sp³-hybridized carbons (Fsp3) is 0.667. The lowest BCUT2D eigenvalue weighted by molar-refractivity contribution is -0.117. The number of anilines is 1. The standard InChI is InChI=1S/C18H28N2O5S2/c1-4-8-20(13-7-9-27(23,24)12-13)11-16(21)19-17-15(18(22)25-6-3)10-14(5-2)26-17/h10,13H,4-9,11-12H2,1-3H3,(H,19,21). The van der Waals surface area contributed by atoms with E-state index in [1.54, 1.807) is 13.0 Å². The molecule has 1 atom stereocenters. The van der Waals surface area contributed by atoms with Crippen LogP contribution in [0, 0.1) is 0 Å². The van der Waals surface area contributed by atoms with E-state index in [1.165, 1.54) is 11.3 Å². The molecule has 2 heterocycles. The summed E-state index contributed by atoms with van der Waals surface area (Å²) < 4.78 is 28.6. The summed E-state index contributed by atoms with van der Waals surface area (Å²) in [4.78, 5) is 27.7. The second kappa shape index (κ2) is 9.66. The van der Waals surface area contributed by atoms with E-state index in [4.69, 9.17) is 4.74 Å². The average Bonchev–Trinajstić information content (AvgIpc) is 3.17. The first-order chi connectivity index (χ1) is 12.8. The van der Waals surface area contributed by atoms with Gasteiger partial charge in [0.1, 0.15) is 5.00 Å². The third-order valence-corrected chi connectivity index (χ3v) is 7.41. The Labute approximate surface area is 165 Å². The van der Waals surface area contributed by atoms with Crippen LogP contribution in [-0.4, -0.2) is 62.4 Å². The van der Waals surface area contributed by atoms with E-state index in [0.29, 0.717) is 23.5 Å². The minimum atomic E-state index is -3.01. The maximum Gasteiger partial charge on any atom is 0.341 e. The summed E-state index contributed by atoms with van der Waals surface area (Å²) in [6, 6.07) is 1.63. The summed E-state index contributed by atoms with van der Waals surface area (Å²) in [7, 11) is -3.01. The zero-order valence-corrected chi connectivity index (χ0v) is 17.7. The number of amides is 1. The molecule has 0 bridgehead atoms. The Bertz CT molecular complexity index is 773. The lowest BCUT2D eigenvalue weighted by Gasteiger charge is -2.26. The molecule has 1 aromatic heterocycles. The minimum Gasteiger partial charge on any atom is -0.462 e. The maximum atomic E-state index is 12.6. The lowest BCUT2D eigenvalue weighted by atomic mass is 10.2. The van der Waals surface area contributed by atoms with Crippen molar-refractivity contribution < 1.29 is 22.7 Å². The fourth-order valence-electron chi connectivity index (χ4n) is 3.16. The third kappa shape index (κ3) is 6.02. The van der Waals surface area contributed by atoms with Crippen molar-refractivity contribution in [3.63, 3.8) is 0 Å². The molecule has 1 aromatic rings. The number of ether oxygens (including phenoxy) is 1. The van der Waals surface area contributed by atoms with Gasteiger partial charge in [-0.25, -0.2) is 13.2 Å². The molecular formula is C18H28N2O5S2. The normalized spacial score (nSPS) is 18.6. The topological polar surface area (TPSA) is 92.8 Å². The molecule has 1 fully saturated rings. The third-order valence-electron chi connectivity index (χ3n) is 4.46. The monoisotopic (exact) mass is 416 g/mol. The van der Waals surface area contributed by atoms with Crippen LogP contribution in [0.3, 0.4) is 0 Å². The van der Waals surface area contributed by atoms with Crippen molar-refractivity contribution in [2.24, 2.45) is 0 Å². The second-order valence-electron chi connectivity index (χ2n) is 6.61. The van der Waals surface area contributed by atoms with Gasteiger partial charge < -0.3 is 10.1 Å². The molecular weight excluding hydrogens is 388 g/mol. The predicted molar refractivity (Wildman–Crippen MR) is 107 cm³/mol. The summed E-state index contributed by atoms with van der Waals surface area (Å²) in [5, 5.41) is 3.32. The van der Waals surface area contributed by atoms with Gasteiger partial charge in [-0.15, -0.1) is 11.3 Å². The quantitative estimate of drug-likeness (QED) is 0.621. The smallest absolute Gasteiger partial charge is 0.341 e. The SMILES string of the molecule is CCCN(CC(=O)Nc1sc(CC)cc1C(=O)OCC)C1CCS(=O)(=O)C1. The van der Waals surface area contributed by atoms with Crippen molar-refractivity contribution in [1.82, 2.24) is 4.90 Å². The Balaban J connectivity index is 2.09. The number of aryl methyl sites for hydroxylation is 1. The Morgan fingerprint density at radius 3 is 2.63 bits per heavy atom. The van der Waals surface area contributed by atoms with Gasteiger partial charge in [0.15, 0.2) is 9.84 Å². The molecule has 7 nitrogen and oxygen atoms in total. The molecule has 1 unspecified atom stereocenters. The molecule has 0 aromatic carbocycles. The highest BCUT2D eigenvalue weighted by Gasteiger charge is 2.33. The molecule has 2 rings (SSSR count). The van der Waals surface area contributed by atoms with Crippen molar-refractivity contribution in [3.8, 4) is 0 Å². The number of hydrogen-bond acceptors (Lipinski definition) is 7. The molecule has 1 N–H and O–H groups in total. The molecule has 1 aliphatic heterocycles. The average molecular weight is 417 g/mol. The summed E-state index contributed by atoms with van der Waals surface area (Å²) in [5.41, 5.74) is 0.373. The first-order valence-corrected chi connectivity index (χ1v) is 12.0. The molecule has 152 valence electrons. The van der Waals surface area contributed by atoms with E-state index >= 15 is 0 Å². The lowest BCUT2D eigenvalue weighted by Crippen LogP contribution is -2.42. The number of nitrogens with one attached hydrogen (secondary N) is 1. The van der Waals surface area contributed by atoms with Crippen LogP contribution in [0.2, 0.25) is 0 Å². The molecule has 0 radical (unpaired) electrons. The Morgan fingerprint density at radius 2 is 2.07 bits per heavy atom. The Kier molecular flexibility index (Phi) is 7.81. The number of sulfone groups is 1. The fourth-order valence-corrected chi connectivity index (χ4v) is 5.92. The van der Waals surface area contributed by atoms with Gasteiger partial charge in [-0.2, -0.15) is 0 Å². The van der Waals surface area contributed by atoms with Crippen molar-refractivity contribution in [2.45, 2.75) is 46.1 Å². The van der Waals surface area contributed by atoms with Crippen molar-refractivity contribution in [3.05, 3.63) is 16.5 Å². The number of carbonyl (C=O) groups is 2. The molecule has 1 amide bonds. The highest BCUT2D eigenvalue weighted by Crippen LogP contribution is 2.29. The van der Waals surface area contributed by atoms with Gasteiger partial charge >= 0.3 is 5.97 Å². The maximum absolute atomic E-state index is 12.6. The predicted octanol–water partition coefficient (Wildman–Crippen LogP) is 2.32. The van der Waals surface area contributed by atoms with Crippen LogP contribution in [0.4, 0.5) is 5.00 Å². The highest BCUT2D eigenvalue weighted by atomic mass is 32.2. The zero-order chi connectivity index (χ0) is 20.0. The van der Waals surface area contributed by atoms with Crippen molar-refractivity contribution in [2.75, 3.05) is 36.5 Å². The summed E-state index contributed by atoms with van der Waals surface area (Å²) in [5.74, 6) is -0.413. The van der Waals surface area contributed by atoms with Gasteiger partial charge in [-0.05, 0) is 38.8 Å². The first-order valence-electron chi connectivity index (χ1n) is 9.33. The number of esters is 1. The number of thiophene rings is 1. The van der Waals surface area contributed by atoms with Crippen LogP contribution in [-0.2, 0) is 25.8 Å². The van der Waals surface area contributed by atoms with Gasteiger partial charge in [0.2, 0.25) is 5.91 Å². The van der Waals surface area contributed by atoms with Crippen LogP contribution >= 0.6 is 11.3 Å². The van der Waals surface area contributed by atoms with Gasteiger partial charge in [0.25, 0.3) is 0 Å². The molecule has 0 aliphatic carbocycles. The van der Waals surface area contributed by atoms with Crippen LogP contribution in [0.15, 0.2) is 6.07 Å². The number of hydrogen-bond donors (Lipinski definition) is 1. The van der Waals surface area contributed by atoms with E-state index < -0.39 is 15.8 Å². The van der Waals surface area contributed by atoms with Gasteiger partial charge in [-0.3, -0.25) is 9.69 Å². The number of rotatable bonds is 9. The first kappa shape index (κ1) is 21.8. The van der Waals surface area contributed by atoms with E-state index in [0.717, 1.165) is 17.7 Å². The highest BCUT2D eigenvalue weighted by molar-refractivity contribution is 7.91. The summed E-state index contributed by atoms with van der Waals surface area (Å²) >= 11 is 1.37. The minimum absolute atomic E-state index is 0.105. The van der Waals surface area contributed by atoms with E-state index in [1.807, 2.05) is 18.7 Å². The molecule has 0 saturated carbocycles. The van der Waals surface area contributed by atoms with Crippen molar-refractivity contribution >= 4 is 38.1 Å². The van der Waals surface area contributed by atoms with Crippen LogP contribution in [0.1, 0.15) is 48.8 Å². The van der Waals surface area contributed by atoms with Gasteiger partial charge in [0.05, 0.1) is 30.2 Å². The molecule has 9 heteroatoms. The van der Waals surface area contributed by atoms with Gasteiger partial charge in [-0.1, -0.05) is 13.8 Å². The number of carbonyl (C=O) groups excluding carboxylic acids is 2. The van der Waals surface area contributed by atoms with E-state index in [9.17, 15) is 18.0 Å². The summed E-state index contributed by atoms with van der Waals surface area (Å²) in [6.45, 7) is 6.75. The summed E-state index contributed by atoms with van der Waals surface area (Å²) in [6.07, 6.45) is 2.15. The Morgan fingerprint density at radius 1 is 1.33 bits per heavy atom. The Hall–Kier alpha value is -1.45. The molecule has 27 heavy (non-hydrogen) atoms. The largest absolute Gasteiger partial charge is 0.462 e. The van der Waals surface area contributed by atoms with Crippen LogP contribution in [0.5, 0.6) is 0 Å². The van der Waals surface area contributed by atoms with Crippen LogP contribution in [0.25, 0.3) is 0 Å². The van der Waals surface area contributed by atoms with E-state index in [-0.39, 0.29) is 36.6 Å². The van der Waals surface area contributed by atoms with Crippen LogP contribution < -0.4 is 5.32 Å².